The molecule has 0 bridgehead atoms. The number of benzene rings is 2. The maximum Gasteiger partial charge on any atom is 0.311 e. The minimum absolute atomic E-state index is 0.000165. The van der Waals surface area contributed by atoms with Crippen molar-refractivity contribution in [3.05, 3.63) is 63.7 Å². The average Bonchev–Trinajstić information content (AvgIpc) is 2.49. The summed E-state index contributed by atoms with van der Waals surface area (Å²) in [7, 11) is 0. The number of nitro benzene ring substituents is 1. The van der Waals surface area contributed by atoms with Crippen molar-refractivity contribution in [3.8, 4) is 11.5 Å². The second kappa shape index (κ2) is 7.45. The normalized spacial score (nSPS) is 10.3. The van der Waals surface area contributed by atoms with Gasteiger partial charge in [0.25, 0.3) is 0 Å². The van der Waals surface area contributed by atoms with Gasteiger partial charge in [0.15, 0.2) is 5.75 Å². The van der Waals surface area contributed by atoms with Crippen LogP contribution in [-0.4, -0.2) is 18.1 Å². The van der Waals surface area contributed by atoms with Gasteiger partial charge in [0.05, 0.1) is 18.1 Å². The van der Waals surface area contributed by atoms with Crippen LogP contribution in [0, 0.1) is 24.0 Å². The summed E-state index contributed by atoms with van der Waals surface area (Å²) in [4.78, 5) is 10.6. The van der Waals surface area contributed by atoms with Gasteiger partial charge in [0, 0.05) is 12.5 Å². The summed E-state index contributed by atoms with van der Waals surface area (Å²) in [5.74, 6) is 1.15. The van der Waals surface area contributed by atoms with Crippen LogP contribution in [0.25, 0.3) is 0 Å². The van der Waals surface area contributed by atoms with E-state index in [0.29, 0.717) is 25.4 Å². The average molecular weight is 301 g/mol. The summed E-state index contributed by atoms with van der Waals surface area (Å²) in [5.41, 5.74) is 1.92. The molecule has 0 unspecified atom stereocenters. The largest absolute Gasteiger partial charge is 0.493 e. The van der Waals surface area contributed by atoms with Crippen LogP contribution in [0.5, 0.6) is 11.5 Å². The van der Waals surface area contributed by atoms with E-state index in [4.69, 9.17) is 9.47 Å². The summed E-state index contributed by atoms with van der Waals surface area (Å²) in [5, 5.41) is 11.0. The third kappa shape index (κ3) is 4.22. The maximum absolute atomic E-state index is 11.0. The third-order valence-electron chi connectivity index (χ3n) is 3.21. The molecule has 0 aliphatic rings. The zero-order chi connectivity index (χ0) is 15.9. The number of para-hydroxylation sites is 1. The second-order valence-electron chi connectivity index (χ2n) is 5.04. The summed E-state index contributed by atoms with van der Waals surface area (Å²) >= 11 is 0. The fourth-order valence-corrected chi connectivity index (χ4v) is 2.03. The summed E-state index contributed by atoms with van der Waals surface area (Å²) < 4.78 is 11.2. The molecule has 0 saturated heterocycles. The molecule has 0 aliphatic heterocycles. The van der Waals surface area contributed by atoms with Crippen molar-refractivity contribution in [1.29, 1.82) is 0 Å². The van der Waals surface area contributed by atoms with Crippen LogP contribution < -0.4 is 9.47 Å². The molecule has 2 aromatic carbocycles. The van der Waals surface area contributed by atoms with E-state index in [0.717, 1.165) is 16.9 Å². The van der Waals surface area contributed by atoms with E-state index in [1.165, 1.54) is 6.07 Å². The van der Waals surface area contributed by atoms with Gasteiger partial charge in [-0.2, -0.15) is 0 Å². The molecule has 22 heavy (non-hydrogen) atoms. The van der Waals surface area contributed by atoms with Crippen LogP contribution >= 0.6 is 0 Å². The number of nitrogens with zero attached hydrogens (tertiary/aromatic N) is 1. The zero-order valence-corrected chi connectivity index (χ0v) is 12.7. The van der Waals surface area contributed by atoms with Gasteiger partial charge < -0.3 is 9.47 Å². The van der Waals surface area contributed by atoms with Crippen molar-refractivity contribution in [1.82, 2.24) is 0 Å². The summed E-state index contributed by atoms with van der Waals surface area (Å²) in [6.45, 7) is 4.68. The van der Waals surface area contributed by atoms with E-state index in [2.05, 4.69) is 0 Å². The van der Waals surface area contributed by atoms with Gasteiger partial charge in [0.1, 0.15) is 5.75 Å². The number of ether oxygens (including phenoxy) is 2. The Hall–Kier alpha value is -2.56. The monoisotopic (exact) mass is 301 g/mol. The van der Waals surface area contributed by atoms with E-state index in [-0.39, 0.29) is 5.69 Å². The van der Waals surface area contributed by atoms with Crippen LogP contribution in [0.2, 0.25) is 0 Å². The lowest BCUT2D eigenvalue weighted by atomic mass is 10.2. The highest BCUT2D eigenvalue weighted by atomic mass is 16.6. The molecule has 0 amide bonds. The fraction of sp³-hybridized carbons (Fsp3) is 0.294. The first-order valence-corrected chi connectivity index (χ1v) is 7.14. The predicted octanol–water partition coefficient (Wildman–Crippen LogP) is 4.06. The molecular weight excluding hydrogens is 282 g/mol. The van der Waals surface area contributed by atoms with E-state index in [1.807, 2.05) is 38.1 Å². The quantitative estimate of drug-likeness (QED) is 0.439. The molecule has 0 N–H and O–H groups in total. The van der Waals surface area contributed by atoms with E-state index in [9.17, 15) is 10.1 Å². The van der Waals surface area contributed by atoms with Crippen molar-refractivity contribution >= 4 is 5.69 Å². The van der Waals surface area contributed by atoms with E-state index in [1.54, 1.807) is 12.1 Å². The molecule has 2 rings (SSSR count). The van der Waals surface area contributed by atoms with Crippen LogP contribution in [0.3, 0.4) is 0 Å². The number of aryl methyl sites for hydroxylation is 2. The maximum atomic E-state index is 11.0. The molecule has 5 heteroatoms. The Morgan fingerprint density at radius 2 is 1.68 bits per heavy atom. The molecule has 5 nitrogen and oxygen atoms in total. The topological polar surface area (TPSA) is 61.6 Å². The molecular formula is C17H19NO4. The fourth-order valence-electron chi connectivity index (χ4n) is 2.03. The van der Waals surface area contributed by atoms with E-state index >= 15 is 0 Å². The van der Waals surface area contributed by atoms with Gasteiger partial charge in [-0.25, -0.2) is 0 Å². The highest BCUT2D eigenvalue weighted by Crippen LogP contribution is 2.27. The lowest BCUT2D eigenvalue weighted by Crippen LogP contribution is -2.06. The number of nitro groups is 1. The lowest BCUT2D eigenvalue weighted by molar-refractivity contribution is -0.385. The first kappa shape index (κ1) is 15.8. The molecule has 0 aliphatic carbocycles. The molecule has 0 radical (unpaired) electrons. The molecule has 0 atom stereocenters. The smallest absolute Gasteiger partial charge is 0.311 e. The lowest BCUT2D eigenvalue weighted by Gasteiger charge is -2.10. The predicted molar refractivity (Wildman–Crippen MR) is 84.6 cm³/mol. The molecule has 0 spiro atoms. The number of hydrogen-bond donors (Lipinski definition) is 0. The van der Waals surface area contributed by atoms with Crippen LogP contribution in [0.4, 0.5) is 5.69 Å². The molecule has 0 saturated carbocycles. The number of rotatable bonds is 7. The molecule has 116 valence electrons. The van der Waals surface area contributed by atoms with Crippen LogP contribution in [-0.2, 0) is 0 Å². The van der Waals surface area contributed by atoms with Gasteiger partial charge in [-0.1, -0.05) is 24.3 Å². The first-order valence-electron chi connectivity index (χ1n) is 7.14. The van der Waals surface area contributed by atoms with Crippen molar-refractivity contribution in [2.45, 2.75) is 20.3 Å². The van der Waals surface area contributed by atoms with Crippen LogP contribution in [0.15, 0.2) is 42.5 Å². The highest BCUT2D eigenvalue weighted by molar-refractivity contribution is 5.48. The van der Waals surface area contributed by atoms with Crippen molar-refractivity contribution in [3.63, 3.8) is 0 Å². The Balaban J connectivity index is 1.82. The summed E-state index contributed by atoms with van der Waals surface area (Å²) in [6.07, 6.45) is 0.652. The van der Waals surface area contributed by atoms with Crippen LogP contribution in [0.1, 0.15) is 17.5 Å². The Kier molecular flexibility index (Phi) is 5.36. The molecule has 2 aromatic rings. The standard InChI is InChI=1S/C17H19NO4/c1-13-8-9-17(15(12-13)18(19)20)22-11-5-10-21-16-7-4-3-6-14(16)2/h3-4,6-9,12H,5,10-11H2,1-2H3. The Labute approximate surface area is 129 Å². The molecule has 0 aromatic heterocycles. The SMILES string of the molecule is Cc1ccc(OCCCOc2ccccc2C)c([N+](=O)[O-])c1. The van der Waals surface area contributed by atoms with Gasteiger partial charge in [-0.15, -0.1) is 0 Å². The van der Waals surface area contributed by atoms with Crippen molar-refractivity contribution < 1.29 is 14.4 Å². The Morgan fingerprint density at radius 3 is 2.36 bits per heavy atom. The minimum Gasteiger partial charge on any atom is -0.493 e. The Morgan fingerprint density at radius 1 is 1.00 bits per heavy atom. The highest BCUT2D eigenvalue weighted by Gasteiger charge is 2.14. The Bertz CT molecular complexity index is 655. The molecule has 0 heterocycles. The van der Waals surface area contributed by atoms with Crippen molar-refractivity contribution in [2.24, 2.45) is 0 Å². The minimum atomic E-state index is -0.424. The zero-order valence-electron chi connectivity index (χ0n) is 12.7. The summed E-state index contributed by atoms with van der Waals surface area (Å²) in [6, 6.07) is 12.7. The first-order chi connectivity index (χ1) is 10.6. The van der Waals surface area contributed by atoms with Crippen molar-refractivity contribution in [2.75, 3.05) is 13.2 Å². The van der Waals surface area contributed by atoms with E-state index < -0.39 is 4.92 Å². The molecule has 0 fully saturated rings. The van der Waals surface area contributed by atoms with Gasteiger partial charge in [-0.05, 0) is 37.1 Å². The third-order valence-corrected chi connectivity index (χ3v) is 3.21. The van der Waals surface area contributed by atoms with Gasteiger partial charge in [-0.3, -0.25) is 10.1 Å². The second-order valence-corrected chi connectivity index (χ2v) is 5.04. The number of hydrogen-bond acceptors (Lipinski definition) is 4. The van der Waals surface area contributed by atoms with Gasteiger partial charge in [0.2, 0.25) is 0 Å². The van der Waals surface area contributed by atoms with Gasteiger partial charge >= 0.3 is 5.69 Å².